The largest absolute Gasteiger partial charge is 0.340 e. The molecule has 2 aromatic heterocycles. The van der Waals surface area contributed by atoms with Crippen LogP contribution in [0, 0.1) is 18.6 Å². The number of hydrogen-bond donors (Lipinski definition) is 1. The number of thioether (sulfide) groups is 1. The highest BCUT2D eigenvalue weighted by Crippen LogP contribution is 2.37. The third kappa shape index (κ3) is 3.59. The van der Waals surface area contributed by atoms with Crippen LogP contribution in [-0.4, -0.2) is 38.6 Å². The second-order valence-corrected chi connectivity index (χ2v) is 9.73. The van der Waals surface area contributed by atoms with Crippen LogP contribution in [0.3, 0.4) is 0 Å². The van der Waals surface area contributed by atoms with Crippen molar-refractivity contribution in [3.63, 3.8) is 0 Å². The fraction of sp³-hybridized carbons (Fsp3) is 0.261. The first kappa shape index (κ1) is 21.1. The number of halogens is 2. The van der Waals surface area contributed by atoms with Gasteiger partial charge in [0.2, 0.25) is 0 Å². The Balaban J connectivity index is 1.52. The van der Waals surface area contributed by atoms with Gasteiger partial charge in [-0.15, -0.1) is 23.1 Å². The minimum absolute atomic E-state index is 0.190. The van der Waals surface area contributed by atoms with Crippen molar-refractivity contribution < 1.29 is 13.6 Å². The molecule has 0 radical (unpaired) electrons. The van der Waals surface area contributed by atoms with Crippen molar-refractivity contribution in [3.05, 3.63) is 64.6 Å². The number of nitrogens with zero attached hydrogens (tertiary/aromatic N) is 3. The van der Waals surface area contributed by atoms with Crippen LogP contribution >= 0.6 is 23.1 Å². The number of carbonyl (C=O) groups is 1. The van der Waals surface area contributed by atoms with Gasteiger partial charge < -0.3 is 9.88 Å². The lowest BCUT2D eigenvalue weighted by Gasteiger charge is -2.22. The number of nitrogens with one attached hydrogen (secondary N) is 1. The molecule has 1 N–H and O–H groups in total. The second kappa shape index (κ2) is 8.29. The molecule has 1 aliphatic heterocycles. The molecule has 0 saturated carbocycles. The summed E-state index contributed by atoms with van der Waals surface area (Å²) in [6.07, 6.45) is 3.66. The zero-order chi connectivity index (χ0) is 22.4. The summed E-state index contributed by atoms with van der Waals surface area (Å²) < 4.78 is 27.3. The van der Waals surface area contributed by atoms with Crippen molar-refractivity contribution in [1.29, 1.82) is 0 Å². The van der Waals surface area contributed by atoms with E-state index in [-0.39, 0.29) is 17.6 Å². The minimum atomic E-state index is -0.946. The van der Waals surface area contributed by atoms with E-state index in [1.807, 2.05) is 24.5 Å². The van der Waals surface area contributed by atoms with Crippen LogP contribution < -0.4 is 0 Å². The van der Waals surface area contributed by atoms with Gasteiger partial charge in [0.15, 0.2) is 11.6 Å². The molecule has 164 valence electrons. The Morgan fingerprint density at radius 3 is 2.84 bits per heavy atom. The Kier molecular flexibility index (Phi) is 5.46. The molecule has 9 heteroatoms. The van der Waals surface area contributed by atoms with Gasteiger partial charge in [0, 0.05) is 11.4 Å². The van der Waals surface area contributed by atoms with E-state index in [2.05, 4.69) is 9.97 Å². The fourth-order valence-corrected chi connectivity index (χ4v) is 5.65. The van der Waals surface area contributed by atoms with Crippen LogP contribution in [0.4, 0.5) is 8.78 Å². The van der Waals surface area contributed by atoms with Crippen LogP contribution in [0.1, 0.15) is 40.2 Å². The molecule has 5 nitrogen and oxygen atoms in total. The molecule has 1 saturated heterocycles. The first-order chi connectivity index (χ1) is 15.5. The lowest BCUT2D eigenvalue weighted by atomic mass is 10.1. The predicted octanol–water partition coefficient (Wildman–Crippen LogP) is 5.97. The number of para-hydroxylation sites is 1. The van der Waals surface area contributed by atoms with Crippen LogP contribution in [0.5, 0.6) is 0 Å². The molecule has 1 aliphatic rings. The SMILES string of the molecule is CSc1cccc2[nH]c([C@@H]3CCCN3C(=O)c3nc(C)sc3-c3ccc(F)c(F)c3)nc12. The number of benzene rings is 2. The van der Waals surface area contributed by atoms with Crippen LogP contribution in [-0.2, 0) is 0 Å². The number of thiazole rings is 1. The monoisotopic (exact) mass is 470 g/mol. The van der Waals surface area contributed by atoms with E-state index in [1.54, 1.807) is 23.6 Å². The molecule has 32 heavy (non-hydrogen) atoms. The molecular formula is C23H20F2N4OS2. The van der Waals surface area contributed by atoms with Gasteiger partial charge >= 0.3 is 0 Å². The maximum Gasteiger partial charge on any atom is 0.274 e. The summed E-state index contributed by atoms with van der Waals surface area (Å²) in [5, 5.41) is 0.692. The first-order valence-corrected chi connectivity index (χ1v) is 12.3. The van der Waals surface area contributed by atoms with E-state index >= 15 is 0 Å². The second-order valence-electron chi connectivity index (χ2n) is 7.67. The van der Waals surface area contributed by atoms with Gasteiger partial charge in [0.05, 0.1) is 21.4 Å². The molecule has 1 amide bonds. The summed E-state index contributed by atoms with van der Waals surface area (Å²) in [4.78, 5) is 29.7. The maximum atomic E-state index is 13.9. The van der Waals surface area contributed by atoms with Crippen molar-refractivity contribution in [1.82, 2.24) is 19.9 Å². The number of aromatic nitrogens is 3. The van der Waals surface area contributed by atoms with Gasteiger partial charge in [-0.05, 0) is 55.9 Å². The van der Waals surface area contributed by atoms with Gasteiger partial charge in [-0.25, -0.2) is 18.7 Å². The normalized spacial score (nSPS) is 16.2. The number of amides is 1. The van der Waals surface area contributed by atoms with Crippen LogP contribution in [0.2, 0.25) is 0 Å². The number of hydrogen-bond acceptors (Lipinski definition) is 5. The van der Waals surface area contributed by atoms with E-state index in [0.717, 1.165) is 46.7 Å². The lowest BCUT2D eigenvalue weighted by Crippen LogP contribution is -2.31. The van der Waals surface area contributed by atoms with Gasteiger partial charge in [0.1, 0.15) is 17.0 Å². The zero-order valence-corrected chi connectivity index (χ0v) is 19.1. The Bertz CT molecular complexity index is 1330. The average Bonchev–Trinajstić information content (AvgIpc) is 3.52. The Hall–Kier alpha value is -2.78. The molecule has 0 bridgehead atoms. The molecule has 2 aromatic carbocycles. The summed E-state index contributed by atoms with van der Waals surface area (Å²) in [5.74, 6) is -1.33. The van der Waals surface area contributed by atoms with E-state index in [0.29, 0.717) is 22.0 Å². The molecule has 5 rings (SSSR count). The summed E-state index contributed by atoms with van der Waals surface area (Å²) >= 11 is 2.93. The number of carbonyl (C=O) groups excluding carboxylic acids is 1. The quantitative estimate of drug-likeness (QED) is 0.373. The third-order valence-corrected chi connectivity index (χ3v) is 7.45. The molecular weight excluding hydrogens is 450 g/mol. The fourth-order valence-electron chi connectivity index (χ4n) is 4.18. The summed E-state index contributed by atoms with van der Waals surface area (Å²) in [6, 6.07) is 9.48. The number of aryl methyl sites for hydroxylation is 1. The van der Waals surface area contributed by atoms with Crippen molar-refractivity contribution in [2.45, 2.75) is 30.7 Å². The standard InChI is InChI=1S/C23H20F2N4OS2/c1-12-26-20(21(32-12)13-8-9-14(24)15(25)11-13)23(30)29-10-4-6-17(29)22-27-16-5-3-7-18(31-2)19(16)28-22/h3,5,7-9,11,17H,4,6,10H2,1-2H3,(H,27,28)/t17-/m0/s1. The number of fused-ring (bicyclic) bond motifs is 1. The highest BCUT2D eigenvalue weighted by atomic mass is 32.2. The zero-order valence-electron chi connectivity index (χ0n) is 17.5. The maximum absolute atomic E-state index is 13.9. The topological polar surface area (TPSA) is 61.9 Å². The highest BCUT2D eigenvalue weighted by Gasteiger charge is 2.35. The summed E-state index contributed by atoms with van der Waals surface area (Å²) in [6.45, 7) is 2.39. The molecule has 0 unspecified atom stereocenters. The summed E-state index contributed by atoms with van der Waals surface area (Å²) in [5.41, 5.74) is 2.56. The number of imidazole rings is 1. The van der Waals surface area contributed by atoms with Gasteiger partial charge in [-0.2, -0.15) is 0 Å². The van der Waals surface area contributed by atoms with E-state index in [9.17, 15) is 13.6 Å². The van der Waals surface area contributed by atoms with Crippen molar-refractivity contribution >= 4 is 40.0 Å². The third-order valence-electron chi connectivity index (χ3n) is 5.66. The van der Waals surface area contributed by atoms with E-state index < -0.39 is 11.6 Å². The van der Waals surface area contributed by atoms with Crippen molar-refractivity contribution in [2.75, 3.05) is 12.8 Å². The smallest absolute Gasteiger partial charge is 0.274 e. The van der Waals surface area contributed by atoms with Crippen LogP contribution in [0.25, 0.3) is 21.5 Å². The van der Waals surface area contributed by atoms with E-state index in [4.69, 9.17) is 4.98 Å². The van der Waals surface area contributed by atoms with E-state index in [1.165, 1.54) is 17.4 Å². The van der Waals surface area contributed by atoms with Gasteiger partial charge in [-0.3, -0.25) is 4.79 Å². The Morgan fingerprint density at radius 1 is 1.22 bits per heavy atom. The summed E-state index contributed by atoms with van der Waals surface area (Å²) in [7, 11) is 0. The number of rotatable bonds is 4. The Labute approximate surface area is 191 Å². The average molecular weight is 471 g/mol. The molecule has 1 fully saturated rings. The molecule has 4 aromatic rings. The molecule has 3 heterocycles. The first-order valence-electron chi connectivity index (χ1n) is 10.2. The highest BCUT2D eigenvalue weighted by molar-refractivity contribution is 7.98. The van der Waals surface area contributed by atoms with Gasteiger partial charge in [-0.1, -0.05) is 12.1 Å². The number of H-pyrrole nitrogens is 1. The molecule has 0 aliphatic carbocycles. The number of aromatic amines is 1. The number of likely N-dealkylation sites (tertiary alicyclic amines) is 1. The van der Waals surface area contributed by atoms with Crippen molar-refractivity contribution in [3.8, 4) is 10.4 Å². The molecule has 0 spiro atoms. The minimum Gasteiger partial charge on any atom is -0.340 e. The molecule has 1 atom stereocenters. The predicted molar refractivity (Wildman–Crippen MR) is 123 cm³/mol. The Morgan fingerprint density at radius 2 is 2.06 bits per heavy atom. The van der Waals surface area contributed by atoms with Crippen LogP contribution in [0.15, 0.2) is 41.3 Å². The van der Waals surface area contributed by atoms with Gasteiger partial charge in [0.25, 0.3) is 5.91 Å². The lowest BCUT2D eigenvalue weighted by molar-refractivity contribution is 0.0726. The van der Waals surface area contributed by atoms with Crippen molar-refractivity contribution in [2.24, 2.45) is 0 Å².